The molecule has 1 rings (SSSR count). The number of likely N-dealkylation sites (tertiary alicyclic amines) is 1. The first-order valence-corrected chi connectivity index (χ1v) is 6.82. The van der Waals surface area contributed by atoms with Gasteiger partial charge < -0.3 is 19.7 Å². The van der Waals surface area contributed by atoms with Crippen LogP contribution in [0.1, 0.15) is 26.7 Å². The third kappa shape index (κ3) is 6.36. The van der Waals surface area contributed by atoms with Gasteiger partial charge in [0.15, 0.2) is 0 Å². The highest BCUT2D eigenvalue weighted by atomic mass is 16.5. The van der Waals surface area contributed by atoms with Crippen LogP contribution in [0.2, 0.25) is 0 Å². The Morgan fingerprint density at radius 2 is 2.06 bits per heavy atom. The Bertz CT molecular complexity index is 182. The minimum absolute atomic E-state index is 0.445. The van der Waals surface area contributed by atoms with Crippen LogP contribution in [0, 0.1) is 0 Å². The molecule has 1 heterocycles. The summed E-state index contributed by atoms with van der Waals surface area (Å²) in [7, 11) is 1.75. The zero-order chi connectivity index (χ0) is 12.5. The van der Waals surface area contributed by atoms with E-state index in [-0.39, 0.29) is 0 Å². The lowest BCUT2D eigenvalue weighted by Gasteiger charge is -2.32. The Morgan fingerprint density at radius 3 is 2.65 bits per heavy atom. The normalized spacial score (nSPS) is 20.6. The Labute approximate surface area is 106 Å². The smallest absolute Gasteiger partial charge is 0.0613 e. The van der Waals surface area contributed by atoms with Crippen molar-refractivity contribution in [2.24, 2.45) is 0 Å². The van der Waals surface area contributed by atoms with Gasteiger partial charge in [0.2, 0.25) is 0 Å². The highest BCUT2D eigenvalue weighted by Gasteiger charge is 2.18. The van der Waals surface area contributed by atoms with E-state index < -0.39 is 0 Å². The molecule has 4 heteroatoms. The summed E-state index contributed by atoms with van der Waals surface area (Å²) in [6, 6.07) is 0.445. The zero-order valence-corrected chi connectivity index (χ0v) is 11.6. The first-order valence-electron chi connectivity index (χ1n) is 6.82. The van der Waals surface area contributed by atoms with E-state index in [9.17, 15) is 0 Å². The van der Waals surface area contributed by atoms with E-state index in [2.05, 4.69) is 24.1 Å². The standard InChI is InChI=1S/C13H28N2O2/c1-4-17-13-5-8-15(9-6-13)10-7-14-12(2)11-16-3/h12-14H,4-11H2,1-3H3. The number of nitrogens with zero attached hydrogens (tertiary/aromatic N) is 1. The molecule has 0 saturated carbocycles. The fourth-order valence-electron chi connectivity index (χ4n) is 2.31. The number of piperidine rings is 1. The molecule has 0 amide bonds. The van der Waals surface area contributed by atoms with Crippen LogP contribution in [0.15, 0.2) is 0 Å². The Balaban J connectivity index is 2.02. The number of hydrogen-bond acceptors (Lipinski definition) is 4. The maximum atomic E-state index is 5.65. The van der Waals surface area contributed by atoms with Crippen molar-refractivity contribution in [3.8, 4) is 0 Å². The molecule has 1 aliphatic heterocycles. The molecule has 102 valence electrons. The lowest BCUT2D eigenvalue weighted by atomic mass is 10.1. The summed E-state index contributed by atoms with van der Waals surface area (Å²) in [6.45, 7) is 10.4. The molecule has 0 aromatic heterocycles. The lowest BCUT2D eigenvalue weighted by molar-refractivity contribution is 0.0143. The van der Waals surface area contributed by atoms with Crippen molar-refractivity contribution in [2.75, 3.05) is 46.5 Å². The van der Waals surface area contributed by atoms with Gasteiger partial charge in [-0.3, -0.25) is 0 Å². The van der Waals surface area contributed by atoms with Crippen LogP contribution >= 0.6 is 0 Å². The van der Waals surface area contributed by atoms with Gasteiger partial charge in [0, 0.05) is 45.9 Å². The quantitative estimate of drug-likeness (QED) is 0.693. The van der Waals surface area contributed by atoms with E-state index in [1.807, 2.05) is 0 Å². The van der Waals surface area contributed by atoms with Gasteiger partial charge in [-0.15, -0.1) is 0 Å². The van der Waals surface area contributed by atoms with E-state index in [4.69, 9.17) is 9.47 Å². The van der Waals surface area contributed by atoms with Gasteiger partial charge in [0.05, 0.1) is 12.7 Å². The zero-order valence-electron chi connectivity index (χ0n) is 11.6. The summed E-state index contributed by atoms with van der Waals surface area (Å²) in [4.78, 5) is 2.52. The van der Waals surface area contributed by atoms with Gasteiger partial charge in [-0.1, -0.05) is 0 Å². The van der Waals surface area contributed by atoms with Crippen LogP contribution in [-0.2, 0) is 9.47 Å². The minimum Gasteiger partial charge on any atom is -0.383 e. The Morgan fingerprint density at radius 1 is 1.35 bits per heavy atom. The summed E-state index contributed by atoms with van der Waals surface area (Å²) in [5, 5.41) is 3.47. The van der Waals surface area contributed by atoms with Gasteiger partial charge >= 0.3 is 0 Å². The number of ether oxygens (including phenoxy) is 2. The number of methoxy groups -OCH3 is 1. The average molecular weight is 244 g/mol. The first kappa shape index (κ1) is 14.9. The van der Waals surface area contributed by atoms with E-state index >= 15 is 0 Å². The van der Waals surface area contributed by atoms with Crippen molar-refractivity contribution in [3.05, 3.63) is 0 Å². The SMILES string of the molecule is CCOC1CCN(CCNC(C)COC)CC1. The highest BCUT2D eigenvalue weighted by Crippen LogP contribution is 2.12. The summed E-state index contributed by atoms with van der Waals surface area (Å²) in [5.74, 6) is 0. The molecular weight excluding hydrogens is 216 g/mol. The van der Waals surface area contributed by atoms with Crippen LogP contribution in [0.4, 0.5) is 0 Å². The summed E-state index contributed by atoms with van der Waals surface area (Å²) >= 11 is 0. The molecule has 1 atom stereocenters. The van der Waals surface area contributed by atoms with Crippen LogP contribution in [-0.4, -0.2) is 63.5 Å². The summed E-state index contributed by atoms with van der Waals surface area (Å²) in [5.41, 5.74) is 0. The number of hydrogen-bond donors (Lipinski definition) is 1. The predicted molar refractivity (Wildman–Crippen MR) is 70.4 cm³/mol. The van der Waals surface area contributed by atoms with Gasteiger partial charge in [0.25, 0.3) is 0 Å². The fraction of sp³-hybridized carbons (Fsp3) is 1.00. The Kier molecular flexibility index (Phi) is 7.77. The van der Waals surface area contributed by atoms with E-state index in [1.165, 1.54) is 25.9 Å². The van der Waals surface area contributed by atoms with Crippen LogP contribution in [0.3, 0.4) is 0 Å². The molecule has 1 fully saturated rings. The predicted octanol–water partition coefficient (Wildman–Crippen LogP) is 1.11. The monoisotopic (exact) mass is 244 g/mol. The van der Waals surface area contributed by atoms with Crippen LogP contribution < -0.4 is 5.32 Å². The molecule has 0 aromatic carbocycles. The maximum Gasteiger partial charge on any atom is 0.0613 e. The topological polar surface area (TPSA) is 33.7 Å². The van der Waals surface area contributed by atoms with Crippen molar-refractivity contribution >= 4 is 0 Å². The van der Waals surface area contributed by atoms with Crippen molar-refractivity contribution in [2.45, 2.75) is 38.8 Å². The molecule has 17 heavy (non-hydrogen) atoms. The molecule has 0 radical (unpaired) electrons. The lowest BCUT2D eigenvalue weighted by Crippen LogP contribution is -2.42. The van der Waals surface area contributed by atoms with E-state index in [0.717, 1.165) is 26.3 Å². The minimum atomic E-state index is 0.445. The number of nitrogens with one attached hydrogen (secondary N) is 1. The van der Waals surface area contributed by atoms with Gasteiger partial charge in [-0.05, 0) is 26.7 Å². The van der Waals surface area contributed by atoms with Gasteiger partial charge in [-0.2, -0.15) is 0 Å². The third-order valence-corrected chi connectivity index (χ3v) is 3.27. The largest absolute Gasteiger partial charge is 0.383 e. The molecule has 1 unspecified atom stereocenters. The van der Waals surface area contributed by atoms with Gasteiger partial charge in [-0.25, -0.2) is 0 Å². The van der Waals surface area contributed by atoms with Crippen LogP contribution in [0.25, 0.3) is 0 Å². The molecule has 1 saturated heterocycles. The van der Waals surface area contributed by atoms with Crippen molar-refractivity contribution in [1.29, 1.82) is 0 Å². The Hall–Kier alpha value is -0.160. The second-order valence-corrected chi connectivity index (χ2v) is 4.81. The van der Waals surface area contributed by atoms with Crippen LogP contribution in [0.5, 0.6) is 0 Å². The summed E-state index contributed by atoms with van der Waals surface area (Å²) in [6.07, 6.45) is 2.86. The first-order chi connectivity index (χ1) is 8.26. The van der Waals surface area contributed by atoms with Crippen molar-refractivity contribution in [3.63, 3.8) is 0 Å². The molecule has 0 bridgehead atoms. The molecule has 0 aromatic rings. The fourth-order valence-corrected chi connectivity index (χ4v) is 2.31. The second-order valence-electron chi connectivity index (χ2n) is 4.81. The van der Waals surface area contributed by atoms with Crippen molar-refractivity contribution in [1.82, 2.24) is 10.2 Å². The average Bonchev–Trinajstić information content (AvgIpc) is 2.32. The third-order valence-electron chi connectivity index (χ3n) is 3.27. The molecule has 4 nitrogen and oxygen atoms in total. The molecular formula is C13H28N2O2. The second kappa shape index (κ2) is 8.86. The molecule has 0 spiro atoms. The highest BCUT2D eigenvalue weighted by molar-refractivity contribution is 4.73. The molecule has 1 N–H and O–H groups in total. The van der Waals surface area contributed by atoms with E-state index in [0.29, 0.717) is 12.1 Å². The summed E-state index contributed by atoms with van der Waals surface area (Å²) < 4.78 is 10.7. The van der Waals surface area contributed by atoms with E-state index in [1.54, 1.807) is 7.11 Å². The molecule has 0 aliphatic carbocycles. The maximum absolute atomic E-state index is 5.65. The molecule has 1 aliphatic rings. The van der Waals surface area contributed by atoms with Crippen molar-refractivity contribution < 1.29 is 9.47 Å². The number of rotatable bonds is 8. The van der Waals surface area contributed by atoms with Gasteiger partial charge in [0.1, 0.15) is 0 Å².